The molecule has 2 nitrogen and oxygen atoms in total. The zero-order valence-corrected chi connectivity index (χ0v) is 11.1. The van der Waals surface area contributed by atoms with E-state index in [9.17, 15) is 0 Å². The fourth-order valence-corrected chi connectivity index (χ4v) is 2.96. The number of nitrogens with zero attached hydrogens (tertiary/aromatic N) is 1. The van der Waals surface area contributed by atoms with Gasteiger partial charge in [-0.3, -0.25) is 0 Å². The number of nitrogens with one attached hydrogen (secondary N) is 1. The Balaban J connectivity index is 1.68. The molecule has 1 aromatic rings. The molecule has 3 rings (SSSR count). The van der Waals surface area contributed by atoms with Gasteiger partial charge in [0.1, 0.15) is 0 Å². The van der Waals surface area contributed by atoms with Crippen LogP contribution in [0.3, 0.4) is 0 Å². The van der Waals surface area contributed by atoms with Gasteiger partial charge in [-0.25, -0.2) is 0 Å². The second kappa shape index (κ2) is 4.68. The second-order valence-electron chi connectivity index (χ2n) is 4.97. The Bertz CT molecular complexity index is 418. The average Bonchev–Trinajstić information content (AvgIpc) is 2.96. The Labute approximate surface area is 112 Å². The van der Waals surface area contributed by atoms with Crippen LogP contribution in [-0.4, -0.2) is 25.2 Å². The van der Waals surface area contributed by atoms with E-state index in [1.807, 2.05) is 18.2 Å². The Hall–Kier alpha value is -0.440. The third-order valence-electron chi connectivity index (χ3n) is 3.49. The lowest BCUT2D eigenvalue weighted by molar-refractivity contribution is 0.548. The highest BCUT2D eigenvalue weighted by Crippen LogP contribution is 2.31. The van der Waals surface area contributed by atoms with Crippen LogP contribution in [0.1, 0.15) is 19.3 Å². The van der Waals surface area contributed by atoms with E-state index in [2.05, 4.69) is 10.2 Å². The molecule has 1 saturated heterocycles. The van der Waals surface area contributed by atoms with Crippen molar-refractivity contribution in [3.05, 3.63) is 28.2 Å². The van der Waals surface area contributed by atoms with Gasteiger partial charge in [0.25, 0.3) is 0 Å². The summed E-state index contributed by atoms with van der Waals surface area (Å²) in [5.41, 5.74) is 1.11. The summed E-state index contributed by atoms with van der Waals surface area (Å²) in [6.07, 6.45) is 3.89. The average molecular weight is 271 g/mol. The lowest BCUT2D eigenvalue weighted by Gasteiger charge is -2.20. The maximum absolute atomic E-state index is 6.23. The van der Waals surface area contributed by atoms with Crippen molar-refractivity contribution in [2.24, 2.45) is 0 Å². The van der Waals surface area contributed by atoms with Gasteiger partial charge in [-0.2, -0.15) is 0 Å². The molecule has 1 saturated carbocycles. The smallest absolute Gasteiger partial charge is 0.0654 e. The van der Waals surface area contributed by atoms with Crippen LogP contribution in [0.5, 0.6) is 0 Å². The molecular formula is C13H16Cl2N2. The minimum Gasteiger partial charge on any atom is -0.369 e. The molecule has 1 aliphatic heterocycles. The number of hydrogen-bond acceptors (Lipinski definition) is 2. The molecule has 0 spiro atoms. The summed E-state index contributed by atoms with van der Waals surface area (Å²) in [5.74, 6) is 0. The van der Waals surface area contributed by atoms with E-state index in [4.69, 9.17) is 23.2 Å². The van der Waals surface area contributed by atoms with Crippen LogP contribution in [0.15, 0.2) is 18.2 Å². The molecule has 2 fully saturated rings. The molecular weight excluding hydrogens is 255 g/mol. The Kier molecular flexibility index (Phi) is 3.20. The maximum Gasteiger partial charge on any atom is 0.0654 e. The van der Waals surface area contributed by atoms with Gasteiger partial charge >= 0.3 is 0 Å². The molecule has 0 bridgehead atoms. The van der Waals surface area contributed by atoms with Gasteiger partial charge in [0, 0.05) is 30.2 Å². The van der Waals surface area contributed by atoms with Crippen molar-refractivity contribution < 1.29 is 0 Å². The van der Waals surface area contributed by atoms with Crippen LogP contribution < -0.4 is 10.2 Å². The van der Waals surface area contributed by atoms with E-state index in [0.717, 1.165) is 29.8 Å². The topological polar surface area (TPSA) is 15.3 Å². The number of anilines is 1. The van der Waals surface area contributed by atoms with E-state index in [0.29, 0.717) is 11.1 Å². The van der Waals surface area contributed by atoms with Crippen molar-refractivity contribution in [1.82, 2.24) is 5.32 Å². The SMILES string of the molecule is Clc1ccc(N2CCC(NC3CC3)C2)c(Cl)c1. The molecule has 2 aliphatic rings. The molecule has 92 valence electrons. The van der Waals surface area contributed by atoms with Crippen LogP contribution in [0.2, 0.25) is 10.0 Å². The fraction of sp³-hybridized carbons (Fsp3) is 0.538. The highest BCUT2D eigenvalue weighted by molar-refractivity contribution is 6.36. The maximum atomic E-state index is 6.23. The summed E-state index contributed by atoms with van der Waals surface area (Å²) >= 11 is 12.1. The van der Waals surface area contributed by atoms with E-state index < -0.39 is 0 Å². The zero-order chi connectivity index (χ0) is 11.8. The van der Waals surface area contributed by atoms with Crippen molar-refractivity contribution in [2.75, 3.05) is 18.0 Å². The van der Waals surface area contributed by atoms with Crippen molar-refractivity contribution in [1.29, 1.82) is 0 Å². The van der Waals surface area contributed by atoms with Gasteiger partial charge in [0.05, 0.1) is 10.7 Å². The largest absolute Gasteiger partial charge is 0.369 e. The second-order valence-corrected chi connectivity index (χ2v) is 5.81. The minimum atomic E-state index is 0.620. The lowest BCUT2D eigenvalue weighted by atomic mass is 10.2. The predicted molar refractivity (Wildman–Crippen MR) is 73.2 cm³/mol. The van der Waals surface area contributed by atoms with Gasteiger partial charge in [0.15, 0.2) is 0 Å². The van der Waals surface area contributed by atoms with Crippen molar-refractivity contribution in [3.8, 4) is 0 Å². The van der Waals surface area contributed by atoms with E-state index >= 15 is 0 Å². The van der Waals surface area contributed by atoms with E-state index in [1.165, 1.54) is 19.3 Å². The Morgan fingerprint density at radius 1 is 1.12 bits per heavy atom. The van der Waals surface area contributed by atoms with E-state index in [1.54, 1.807) is 0 Å². The molecule has 4 heteroatoms. The van der Waals surface area contributed by atoms with Gasteiger partial charge < -0.3 is 10.2 Å². The van der Waals surface area contributed by atoms with Crippen LogP contribution >= 0.6 is 23.2 Å². The Morgan fingerprint density at radius 2 is 1.94 bits per heavy atom. The molecule has 0 aromatic heterocycles. The number of hydrogen-bond donors (Lipinski definition) is 1. The first-order valence-corrected chi connectivity index (χ1v) is 6.94. The van der Waals surface area contributed by atoms with Crippen LogP contribution in [0.25, 0.3) is 0 Å². The zero-order valence-electron chi connectivity index (χ0n) is 9.63. The molecule has 0 radical (unpaired) electrons. The molecule has 17 heavy (non-hydrogen) atoms. The predicted octanol–water partition coefficient (Wildman–Crippen LogP) is 3.32. The minimum absolute atomic E-state index is 0.620. The quantitative estimate of drug-likeness (QED) is 0.907. The highest BCUT2D eigenvalue weighted by Gasteiger charge is 2.29. The van der Waals surface area contributed by atoms with Gasteiger partial charge in [-0.05, 0) is 37.5 Å². The van der Waals surface area contributed by atoms with Gasteiger partial charge in [-0.15, -0.1) is 0 Å². The molecule has 1 heterocycles. The molecule has 1 N–H and O–H groups in total. The fourth-order valence-electron chi connectivity index (χ4n) is 2.44. The summed E-state index contributed by atoms with van der Waals surface area (Å²) < 4.78 is 0. The van der Waals surface area contributed by atoms with Gasteiger partial charge in [0.2, 0.25) is 0 Å². The number of halogens is 2. The van der Waals surface area contributed by atoms with Crippen LogP contribution in [0, 0.1) is 0 Å². The summed E-state index contributed by atoms with van der Waals surface area (Å²) in [4.78, 5) is 2.35. The third-order valence-corrected chi connectivity index (χ3v) is 4.03. The molecule has 1 aromatic carbocycles. The van der Waals surface area contributed by atoms with Crippen molar-refractivity contribution >= 4 is 28.9 Å². The normalized spacial score (nSPS) is 24.4. The lowest BCUT2D eigenvalue weighted by Crippen LogP contribution is -2.33. The van der Waals surface area contributed by atoms with Crippen LogP contribution in [0.4, 0.5) is 5.69 Å². The number of rotatable bonds is 3. The molecule has 0 amide bonds. The first-order chi connectivity index (χ1) is 8.22. The molecule has 1 atom stereocenters. The van der Waals surface area contributed by atoms with Crippen LogP contribution in [-0.2, 0) is 0 Å². The molecule has 1 unspecified atom stereocenters. The molecule has 1 aliphatic carbocycles. The summed E-state index contributed by atoms with van der Waals surface area (Å²) in [6.45, 7) is 2.13. The van der Waals surface area contributed by atoms with E-state index in [-0.39, 0.29) is 0 Å². The van der Waals surface area contributed by atoms with Crippen molar-refractivity contribution in [2.45, 2.75) is 31.3 Å². The highest BCUT2D eigenvalue weighted by atomic mass is 35.5. The summed E-state index contributed by atoms with van der Waals surface area (Å²) in [7, 11) is 0. The first kappa shape index (κ1) is 11.6. The summed E-state index contributed by atoms with van der Waals surface area (Å²) in [6, 6.07) is 7.14. The summed E-state index contributed by atoms with van der Waals surface area (Å²) in [5, 5.41) is 5.13. The third kappa shape index (κ3) is 2.70. The monoisotopic (exact) mass is 270 g/mol. The number of benzene rings is 1. The first-order valence-electron chi connectivity index (χ1n) is 6.18. The van der Waals surface area contributed by atoms with Gasteiger partial charge in [-0.1, -0.05) is 23.2 Å². The van der Waals surface area contributed by atoms with Crippen molar-refractivity contribution in [3.63, 3.8) is 0 Å². The standard InChI is InChI=1S/C13H16Cl2N2/c14-9-1-4-13(12(15)7-9)17-6-5-11(8-17)16-10-2-3-10/h1,4,7,10-11,16H,2-3,5-6,8H2. The Morgan fingerprint density at radius 3 is 2.65 bits per heavy atom.